The normalized spacial score (nSPS) is 30.7. The second-order valence-corrected chi connectivity index (χ2v) is 14.1. The Balaban J connectivity index is 0.000000152. The van der Waals surface area contributed by atoms with Gasteiger partial charge in [-0.1, -0.05) is 53.6 Å². The van der Waals surface area contributed by atoms with E-state index in [1.165, 1.54) is 0 Å². The number of Topliss-reactive ketones (excluding diaryl/α,β-unsaturated/α-hetero) is 2. The van der Waals surface area contributed by atoms with Gasteiger partial charge in [0.15, 0.2) is 0 Å². The smallest absolute Gasteiger partial charge is 0.262 e. The first kappa shape index (κ1) is 32.5. The topological polar surface area (TPSA) is 164 Å². The highest BCUT2D eigenvalue weighted by molar-refractivity contribution is 6.11. The zero-order chi connectivity index (χ0) is 33.9. The first-order valence-corrected chi connectivity index (χ1v) is 16.4. The van der Waals surface area contributed by atoms with E-state index < -0.39 is 17.7 Å². The van der Waals surface area contributed by atoms with Crippen molar-refractivity contribution in [2.45, 2.75) is 88.4 Å². The predicted octanol–water partition coefficient (Wildman–Crippen LogP) is 5.54. The fourth-order valence-electron chi connectivity index (χ4n) is 7.18. The van der Waals surface area contributed by atoms with Crippen molar-refractivity contribution in [3.8, 4) is 0 Å². The lowest BCUT2D eigenvalue weighted by molar-refractivity contribution is -0.187. The Morgan fingerprint density at radius 2 is 1.23 bits per heavy atom. The van der Waals surface area contributed by atoms with Gasteiger partial charge in [-0.3, -0.25) is 9.59 Å². The molecule has 4 unspecified atom stereocenters. The summed E-state index contributed by atoms with van der Waals surface area (Å²) in [4.78, 5) is 29.2. The van der Waals surface area contributed by atoms with Gasteiger partial charge >= 0.3 is 0 Å². The Morgan fingerprint density at radius 3 is 1.69 bits per heavy atom. The first-order chi connectivity index (χ1) is 22.9. The monoisotopic (exact) mass is 656 g/mol. The number of carbonyl (C=O) groups excluding carboxylic acids is 2. The Bertz CT molecular complexity index is 1790. The molecule has 6 aliphatic rings. The molecule has 2 saturated heterocycles. The van der Waals surface area contributed by atoms with E-state index in [4.69, 9.17) is 39.7 Å². The van der Waals surface area contributed by atoms with Crippen molar-refractivity contribution in [2.24, 2.45) is 10.8 Å². The van der Waals surface area contributed by atoms with Gasteiger partial charge in [-0.25, -0.2) is 0 Å². The SMILES string of the molecule is CC1(C)CCC2=C(O1)c1ccccc1C1(OCC(CN)O1)C2=O.CC1(C)CCC2=C(O1)c1ccccc1C1(OCC(CN=[N+]=[N-])O1)C2=O. The number of nitrogens with zero attached hydrogens (tertiary/aromatic N) is 3. The number of fused-ring (bicyclic) bond motifs is 6. The molecule has 12 nitrogen and oxygen atoms in total. The predicted molar refractivity (Wildman–Crippen MR) is 174 cm³/mol. The molecule has 0 amide bonds. The van der Waals surface area contributed by atoms with E-state index >= 15 is 0 Å². The van der Waals surface area contributed by atoms with Crippen LogP contribution in [-0.2, 0) is 49.6 Å². The molecule has 8 rings (SSSR count). The van der Waals surface area contributed by atoms with Crippen LogP contribution >= 0.6 is 0 Å². The molecule has 4 atom stereocenters. The molecular formula is C36H40N4O8. The van der Waals surface area contributed by atoms with Crippen molar-refractivity contribution in [3.63, 3.8) is 0 Å². The number of nitrogens with two attached hydrogens (primary N) is 1. The van der Waals surface area contributed by atoms with Gasteiger partial charge in [0.1, 0.15) is 22.7 Å². The maximum Gasteiger partial charge on any atom is 0.262 e. The van der Waals surface area contributed by atoms with E-state index in [-0.39, 0.29) is 42.0 Å². The van der Waals surface area contributed by atoms with Gasteiger partial charge in [-0.2, -0.15) is 0 Å². The molecule has 2 spiro atoms. The third-order valence-corrected chi connectivity index (χ3v) is 9.68. The van der Waals surface area contributed by atoms with Crippen molar-refractivity contribution >= 4 is 23.1 Å². The van der Waals surface area contributed by atoms with Crippen molar-refractivity contribution in [2.75, 3.05) is 26.3 Å². The number of carbonyl (C=O) groups is 2. The van der Waals surface area contributed by atoms with E-state index in [9.17, 15) is 9.59 Å². The molecule has 2 N–H and O–H groups in total. The molecule has 12 heteroatoms. The quantitative estimate of drug-likeness (QED) is 0.254. The summed E-state index contributed by atoms with van der Waals surface area (Å²) in [6, 6.07) is 15.2. The molecule has 2 aromatic rings. The van der Waals surface area contributed by atoms with Crippen molar-refractivity contribution in [3.05, 3.63) is 92.4 Å². The maximum atomic E-state index is 13.3. The number of ether oxygens (including phenoxy) is 6. The highest BCUT2D eigenvalue weighted by Gasteiger charge is 2.57. The van der Waals surface area contributed by atoms with Crippen molar-refractivity contribution in [1.82, 2.24) is 0 Å². The van der Waals surface area contributed by atoms with Crippen molar-refractivity contribution in [1.29, 1.82) is 0 Å². The van der Waals surface area contributed by atoms with E-state index in [2.05, 4.69) is 10.0 Å². The van der Waals surface area contributed by atoms with Crippen LogP contribution in [0.15, 0.2) is 64.8 Å². The van der Waals surface area contributed by atoms with E-state index in [1.807, 2.05) is 76.2 Å². The number of benzene rings is 2. The Kier molecular flexibility index (Phi) is 8.02. The average Bonchev–Trinajstić information content (AvgIpc) is 3.72. The first-order valence-electron chi connectivity index (χ1n) is 16.4. The Labute approximate surface area is 278 Å². The molecule has 4 heterocycles. The lowest BCUT2D eigenvalue weighted by atomic mass is 9.79. The standard InChI is InChI=1S/C18H19N3O4.C18H21NO4/c1-17(2)8-7-13-15(25-17)12-5-3-4-6-14(12)18(16(13)22)23-10-11(24-18)9-20-21-19;1-17(2)8-7-13-15(23-17)12-5-3-4-6-14(12)18(16(13)20)21-10-11(9-19)22-18/h3-6,11H,7-10H2,1-2H3;3-6,11H,7-10,19H2,1-2H3. The van der Waals surface area contributed by atoms with E-state index in [0.717, 1.165) is 29.5 Å². The summed E-state index contributed by atoms with van der Waals surface area (Å²) in [5.41, 5.74) is 18.0. The lowest BCUT2D eigenvalue weighted by Gasteiger charge is -2.41. The summed E-state index contributed by atoms with van der Waals surface area (Å²) in [5, 5.41) is 3.54. The van der Waals surface area contributed by atoms with Gasteiger partial charge in [-0.15, -0.1) is 0 Å². The van der Waals surface area contributed by atoms with Gasteiger partial charge in [0.2, 0.25) is 11.6 Å². The summed E-state index contributed by atoms with van der Waals surface area (Å²) in [6.07, 6.45) is 2.10. The summed E-state index contributed by atoms with van der Waals surface area (Å²) in [7, 11) is 0. The third-order valence-electron chi connectivity index (χ3n) is 9.68. The minimum atomic E-state index is -1.46. The van der Waals surface area contributed by atoms with Crippen LogP contribution in [0.2, 0.25) is 0 Å². The Hall–Kier alpha value is -4.03. The number of hydrogen-bond donors (Lipinski definition) is 1. The molecule has 0 aromatic heterocycles. The zero-order valence-corrected chi connectivity index (χ0v) is 27.6. The van der Waals surface area contributed by atoms with Gasteiger partial charge in [-0.05, 0) is 58.9 Å². The molecule has 0 radical (unpaired) electrons. The van der Waals surface area contributed by atoms with Crippen LogP contribution in [0.4, 0.5) is 0 Å². The molecule has 48 heavy (non-hydrogen) atoms. The largest absolute Gasteiger partial charge is 0.487 e. The number of azide groups is 1. The van der Waals surface area contributed by atoms with Gasteiger partial charge in [0.25, 0.3) is 11.6 Å². The van der Waals surface area contributed by atoms with Gasteiger partial charge in [0, 0.05) is 44.9 Å². The molecule has 2 aromatic carbocycles. The van der Waals surface area contributed by atoms with Crippen LogP contribution < -0.4 is 5.73 Å². The third kappa shape index (κ3) is 5.24. The fourth-order valence-corrected chi connectivity index (χ4v) is 7.18. The van der Waals surface area contributed by atoms with Gasteiger partial charge in [0.05, 0.1) is 32.0 Å². The van der Waals surface area contributed by atoms with E-state index in [0.29, 0.717) is 54.2 Å². The molecule has 4 aliphatic heterocycles. The molecule has 2 aliphatic carbocycles. The Morgan fingerprint density at radius 1 is 0.771 bits per heavy atom. The number of ketones is 2. The minimum Gasteiger partial charge on any atom is -0.487 e. The molecule has 0 saturated carbocycles. The van der Waals surface area contributed by atoms with Crippen LogP contribution in [0.5, 0.6) is 0 Å². The number of rotatable bonds is 3. The molecule has 252 valence electrons. The van der Waals surface area contributed by atoms with Crippen molar-refractivity contribution < 1.29 is 38.0 Å². The van der Waals surface area contributed by atoms with Gasteiger partial charge < -0.3 is 34.2 Å². The van der Waals surface area contributed by atoms with Crippen LogP contribution in [0.3, 0.4) is 0 Å². The highest BCUT2D eigenvalue weighted by atomic mass is 16.8. The number of hydrogen-bond acceptors (Lipinski definition) is 10. The molecule has 2 fully saturated rings. The van der Waals surface area contributed by atoms with E-state index in [1.54, 1.807) is 0 Å². The van der Waals surface area contributed by atoms with Crippen LogP contribution in [0.25, 0.3) is 22.0 Å². The van der Waals surface area contributed by atoms with Crippen LogP contribution in [0, 0.1) is 0 Å². The second kappa shape index (κ2) is 11.8. The average molecular weight is 657 g/mol. The summed E-state index contributed by atoms with van der Waals surface area (Å²) in [5.74, 6) is -1.86. The summed E-state index contributed by atoms with van der Waals surface area (Å²) < 4.78 is 36.1. The second-order valence-electron chi connectivity index (χ2n) is 14.1. The lowest BCUT2D eigenvalue weighted by Crippen LogP contribution is -2.45. The summed E-state index contributed by atoms with van der Waals surface area (Å²) in [6.45, 7) is 9.11. The maximum absolute atomic E-state index is 13.3. The molecular weight excluding hydrogens is 616 g/mol. The fraction of sp³-hybridized carbons (Fsp3) is 0.500. The highest BCUT2D eigenvalue weighted by Crippen LogP contribution is 2.51. The summed E-state index contributed by atoms with van der Waals surface area (Å²) >= 11 is 0. The minimum absolute atomic E-state index is 0.128. The zero-order valence-electron chi connectivity index (χ0n) is 27.6. The van der Waals surface area contributed by atoms with Crippen LogP contribution in [0.1, 0.15) is 75.6 Å². The molecule has 0 bridgehead atoms. The van der Waals surface area contributed by atoms with Crippen LogP contribution in [-0.4, -0.2) is 61.3 Å².